The zero-order valence-electron chi connectivity index (χ0n) is 17.3. The first-order chi connectivity index (χ1) is 13.3. The highest BCUT2D eigenvalue weighted by molar-refractivity contribution is 5.94. The van der Waals surface area contributed by atoms with Crippen molar-refractivity contribution in [3.8, 4) is 5.75 Å². The van der Waals surface area contributed by atoms with Crippen LogP contribution in [0.1, 0.15) is 26.3 Å². The first kappa shape index (κ1) is 24.7. The molecule has 0 aromatic heterocycles. The van der Waals surface area contributed by atoms with Gasteiger partial charge in [-0.25, -0.2) is 0 Å². The van der Waals surface area contributed by atoms with Gasteiger partial charge in [0.25, 0.3) is 0 Å². The fourth-order valence-electron chi connectivity index (χ4n) is 2.36. The average molecular weight is 419 g/mol. The van der Waals surface area contributed by atoms with Crippen molar-refractivity contribution in [3.05, 3.63) is 23.8 Å². The van der Waals surface area contributed by atoms with Crippen LogP contribution in [0.15, 0.2) is 18.2 Å². The van der Waals surface area contributed by atoms with Crippen molar-refractivity contribution in [3.63, 3.8) is 0 Å². The van der Waals surface area contributed by atoms with Gasteiger partial charge in [0.2, 0.25) is 11.8 Å². The second-order valence-corrected chi connectivity index (χ2v) is 7.57. The van der Waals surface area contributed by atoms with Crippen LogP contribution >= 0.6 is 0 Å². The lowest BCUT2D eigenvalue weighted by molar-refractivity contribution is -0.137. The van der Waals surface area contributed by atoms with Crippen molar-refractivity contribution >= 4 is 17.5 Å². The van der Waals surface area contributed by atoms with E-state index in [4.69, 9.17) is 9.47 Å². The molecular weight excluding hydrogens is 391 g/mol. The molecule has 1 rings (SSSR count). The summed E-state index contributed by atoms with van der Waals surface area (Å²) in [5, 5.41) is 5.19. The molecule has 0 aliphatic heterocycles. The minimum absolute atomic E-state index is 0.0372. The van der Waals surface area contributed by atoms with E-state index in [0.29, 0.717) is 0 Å². The van der Waals surface area contributed by atoms with E-state index < -0.39 is 23.2 Å². The molecule has 1 aromatic rings. The van der Waals surface area contributed by atoms with E-state index in [-0.39, 0.29) is 43.6 Å². The lowest BCUT2D eigenvalue weighted by atomic mass is 10.1. The number of hydrogen-bond acceptors (Lipinski definition) is 5. The Morgan fingerprint density at radius 1 is 1.07 bits per heavy atom. The standard InChI is InChI=1S/C19H28F3N3O4/c1-18(2,3)24-17(27)12-25(4)11-16(26)23-14-10-13(19(20,21)22)6-7-15(14)29-9-8-28-5/h6-7,10H,8-9,11-12H2,1-5H3,(H,23,26)(H,24,27). The largest absolute Gasteiger partial charge is 0.489 e. The number of likely N-dealkylation sites (N-methyl/N-ethyl adjacent to an activating group) is 1. The van der Waals surface area contributed by atoms with E-state index in [9.17, 15) is 22.8 Å². The smallest absolute Gasteiger partial charge is 0.416 e. The van der Waals surface area contributed by atoms with Crippen molar-refractivity contribution in [2.75, 3.05) is 45.8 Å². The molecule has 0 aliphatic rings. The van der Waals surface area contributed by atoms with Crippen LogP contribution in [0.3, 0.4) is 0 Å². The summed E-state index contributed by atoms with van der Waals surface area (Å²) >= 11 is 0. The lowest BCUT2D eigenvalue weighted by Crippen LogP contribution is -2.46. The van der Waals surface area contributed by atoms with Crippen molar-refractivity contribution in [1.82, 2.24) is 10.2 Å². The Kier molecular flexibility index (Phi) is 8.90. The molecule has 2 amide bonds. The van der Waals surface area contributed by atoms with Crippen LogP contribution in [-0.2, 0) is 20.5 Å². The molecule has 0 saturated carbocycles. The molecule has 0 bridgehead atoms. The van der Waals surface area contributed by atoms with Gasteiger partial charge in [-0.3, -0.25) is 14.5 Å². The molecule has 0 spiro atoms. The van der Waals surface area contributed by atoms with E-state index >= 15 is 0 Å². The van der Waals surface area contributed by atoms with Crippen molar-refractivity contribution < 1.29 is 32.2 Å². The number of nitrogens with one attached hydrogen (secondary N) is 2. The summed E-state index contributed by atoms with van der Waals surface area (Å²) in [6.45, 7) is 5.61. The number of rotatable bonds is 9. The average Bonchev–Trinajstić information content (AvgIpc) is 2.53. The number of halogens is 3. The quantitative estimate of drug-likeness (QED) is 0.602. The molecule has 0 atom stereocenters. The zero-order chi connectivity index (χ0) is 22.2. The number of carbonyl (C=O) groups excluding carboxylic acids is 2. The number of amides is 2. The second kappa shape index (κ2) is 10.4. The maximum Gasteiger partial charge on any atom is 0.416 e. The van der Waals surface area contributed by atoms with Crippen LogP contribution in [0.5, 0.6) is 5.75 Å². The van der Waals surface area contributed by atoms with Crippen LogP contribution in [-0.4, -0.2) is 62.7 Å². The summed E-state index contributed by atoms with van der Waals surface area (Å²) in [4.78, 5) is 25.7. The van der Waals surface area contributed by atoms with Gasteiger partial charge in [0.1, 0.15) is 12.4 Å². The van der Waals surface area contributed by atoms with Gasteiger partial charge in [-0.15, -0.1) is 0 Å². The number of benzene rings is 1. The Labute approximate surface area is 168 Å². The van der Waals surface area contributed by atoms with Gasteiger partial charge in [0.15, 0.2) is 0 Å². The number of alkyl halides is 3. The Balaban J connectivity index is 2.82. The molecule has 1 aromatic carbocycles. The van der Waals surface area contributed by atoms with Crippen molar-refractivity contribution in [2.45, 2.75) is 32.5 Å². The van der Waals surface area contributed by atoms with Gasteiger partial charge in [-0.2, -0.15) is 13.2 Å². The Bertz CT molecular complexity index is 703. The minimum Gasteiger partial charge on any atom is -0.489 e. The predicted molar refractivity (Wildman–Crippen MR) is 103 cm³/mol. The van der Waals surface area contributed by atoms with Crippen LogP contribution in [0.25, 0.3) is 0 Å². The summed E-state index contributed by atoms with van der Waals surface area (Å²) in [6, 6.07) is 2.84. The molecular formula is C19H28F3N3O4. The predicted octanol–water partition coefficient (Wildman–Crippen LogP) is 2.52. The van der Waals surface area contributed by atoms with Gasteiger partial charge in [-0.05, 0) is 46.0 Å². The fraction of sp³-hybridized carbons (Fsp3) is 0.579. The number of carbonyl (C=O) groups is 2. The highest BCUT2D eigenvalue weighted by atomic mass is 19.4. The molecule has 0 unspecified atom stereocenters. The summed E-state index contributed by atoms with van der Waals surface area (Å²) in [5.74, 6) is -0.751. The molecule has 164 valence electrons. The number of ether oxygens (including phenoxy) is 2. The molecule has 0 saturated heterocycles. The first-order valence-corrected chi connectivity index (χ1v) is 8.94. The second-order valence-electron chi connectivity index (χ2n) is 7.57. The molecule has 0 heterocycles. The van der Waals surface area contributed by atoms with E-state index in [1.54, 1.807) is 7.05 Å². The maximum absolute atomic E-state index is 13.0. The summed E-state index contributed by atoms with van der Waals surface area (Å²) in [6.07, 6.45) is -4.56. The van der Waals surface area contributed by atoms with Crippen molar-refractivity contribution in [2.24, 2.45) is 0 Å². The third kappa shape index (κ3) is 9.62. The molecule has 0 radical (unpaired) electrons. The van der Waals surface area contributed by atoms with Gasteiger partial charge in [0.05, 0.1) is 30.9 Å². The topological polar surface area (TPSA) is 79.9 Å². The van der Waals surface area contributed by atoms with E-state index in [1.807, 2.05) is 20.8 Å². The van der Waals surface area contributed by atoms with Crippen LogP contribution in [0.4, 0.5) is 18.9 Å². The van der Waals surface area contributed by atoms with Crippen LogP contribution in [0, 0.1) is 0 Å². The molecule has 29 heavy (non-hydrogen) atoms. The molecule has 10 heteroatoms. The third-order valence-electron chi connectivity index (χ3n) is 3.47. The van der Waals surface area contributed by atoms with Gasteiger partial charge in [0, 0.05) is 12.6 Å². The monoisotopic (exact) mass is 419 g/mol. The van der Waals surface area contributed by atoms with E-state index in [2.05, 4.69) is 10.6 Å². The van der Waals surface area contributed by atoms with Gasteiger partial charge in [-0.1, -0.05) is 0 Å². The first-order valence-electron chi connectivity index (χ1n) is 8.94. The SMILES string of the molecule is COCCOc1ccc(C(F)(F)F)cc1NC(=O)CN(C)CC(=O)NC(C)(C)C. The summed E-state index contributed by atoms with van der Waals surface area (Å²) < 4.78 is 49.3. The zero-order valence-corrected chi connectivity index (χ0v) is 17.3. The minimum atomic E-state index is -4.56. The van der Waals surface area contributed by atoms with Crippen molar-refractivity contribution in [1.29, 1.82) is 0 Å². The highest BCUT2D eigenvalue weighted by Crippen LogP contribution is 2.35. The normalized spacial score (nSPS) is 12.0. The van der Waals surface area contributed by atoms with E-state index in [0.717, 1.165) is 18.2 Å². The van der Waals surface area contributed by atoms with Gasteiger partial charge < -0.3 is 20.1 Å². The van der Waals surface area contributed by atoms with Crippen LogP contribution < -0.4 is 15.4 Å². The Morgan fingerprint density at radius 3 is 2.24 bits per heavy atom. The Morgan fingerprint density at radius 2 is 1.69 bits per heavy atom. The van der Waals surface area contributed by atoms with E-state index in [1.165, 1.54) is 12.0 Å². The van der Waals surface area contributed by atoms with Gasteiger partial charge >= 0.3 is 6.18 Å². The third-order valence-corrected chi connectivity index (χ3v) is 3.47. The number of nitrogens with zero attached hydrogens (tertiary/aromatic N) is 1. The van der Waals surface area contributed by atoms with Crippen LogP contribution in [0.2, 0.25) is 0 Å². The molecule has 7 nitrogen and oxygen atoms in total. The molecule has 0 fully saturated rings. The fourth-order valence-corrected chi connectivity index (χ4v) is 2.36. The number of anilines is 1. The Hall–Kier alpha value is -2.33. The number of methoxy groups -OCH3 is 1. The summed E-state index contributed by atoms with van der Waals surface area (Å²) in [7, 11) is 3.02. The lowest BCUT2D eigenvalue weighted by Gasteiger charge is -2.23. The maximum atomic E-state index is 13.0. The molecule has 2 N–H and O–H groups in total. The number of hydrogen-bond donors (Lipinski definition) is 2. The highest BCUT2D eigenvalue weighted by Gasteiger charge is 2.31. The molecule has 0 aliphatic carbocycles. The summed E-state index contributed by atoms with van der Waals surface area (Å²) in [5.41, 5.74) is -1.43.